The number of benzene rings is 1. The molecule has 2 aromatic rings. The first kappa shape index (κ1) is 34.1. The summed E-state index contributed by atoms with van der Waals surface area (Å²) in [4.78, 5) is 41.8. The molecule has 0 aromatic heterocycles. The van der Waals surface area contributed by atoms with Gasteiger partial charge < -0.3 is 34.9 Å². The monoisotopic (exact) mass is 624 g/mol. The van der Waals surface area contributed by atoms with Gasteiger partial charge in [-0.1, -0.05) is 19.9 Å². The first-order chi connectivity index (χ1) is 21.7. The highest BCUT2D eigenvalue weighted by molar-refractivity contribution is 5.86. The molecule has 2 aromatic carbocycles. The quantitative estimate of drug-likeness (QED) is 0.287. The molecule has 0 bridgehead atoms. The van der Waals surface area contributed by atoms with Crippen molar-refractivity contribution in [2.45, 2.75) is 58.5 Å². The molecule has 2 aliphatic rings. The van der Waals surface area contributed by atoms with Gasteiger partial charge in [0.15, 0.2) is 11.5 Å². The molecule has 1 aliphatic heterocycles. The molecule has 2 amide bonds. The van der Waals surface area contributed by atoms with Crippen LogP contribution in [0, 0.1) is 5.92 Å². The third kappa shape index (κ3) is 8.46. The summed E-state index contributed by atoms with van der Waals surface area (Å²) in [5.41, 5.74) is 3.15. The molecule has 0 spiro atoms. The van der Waals surface area contributed by atoms with Crippen molar-refractivity contribution in [3.05, 3.63) is 45.6 Å². The van der Waals surface area contributed by atoms with E-state index in [9.17, 15) is 14.4 Å². The Morgan fingerprint density at radius 3 is 2.42 bits per heavy atom. The number of rotatable bonds is 13. The summed E-state index contributed by atoms with van der Waals surface area (Å²) in [6.45, 7) is 10.3. The molecule has 11 heteroatoms. The van der Waals surface area contributed by atoms with Gasteiger partial charge in [-0.25, -0.2) is 0 Å². The zero-order valence-corrected chi connectivity index (χ0v) is 27.4. The van der Waals surface area contributed by atoms with E-state index in [1.807, 2.05) is 12.1 Å². The van der Waals surface area contributed by atoms with E-state index >= 15 is 0 Å². The summed E-state index contributed by atoms with van der Waals surface area (Å²) in [6, 6.07) is 6.05. The Morgan fingerprint density at radius 2 is 1.78 bits per heavy atom. The number of carbonyl (C=O) groups is 2. The van der Waals surface area contributed by atoms with Gasteiger partial charge in [-0.3, -0.25) is 19.3 Å². The summed E-state index contributed by atoms with van der Waals surface area (Å²) in [7, 11) is 4.69. The van der Waals surface area contributed by atoms with Crippen molar-refractivity contribution in [1.29, 1.82) is 0 Å². The Kier molecular flexibility index (Phi) is 12.1. The van der Waals surface area contributed by atoms with Crippen LogP contribution in [0.2, 0.25) is 0 Å². The van der Waals surface area contributed by atoms with Crippen molar-refractivity contribution < 1.29 is 28.5 Å². The lowest BCUT2D eigenvalue weighted by molar-refractivity contribution is -0.122. The van der Waals surface area contributed by atoms with E-state index in [1.54, 1.807) is 33.5 Å². The average molecular weight is 625 g/mol. The summed E-state index contributed by atoms with van der Waals surface area (Å²) < 4.78 is 22.6. The molecule has 2 atom stereocenters. The number of ether oxygens (including phenoxy) is 4. The van der Waals surface area contributed by atoms with Crippen molar-refractivity contribution >= 4 is 17.5 Å². The Hall–Kier alpha value is -3.83. The molecule has 11 nitrogen and oxygen atoms in total. The minimum Gasteiger partial charge on any atom is -0.493 e. The van der Waals surface area contributed by atoms with Gasteiger partial charge >= 0.3 is 0 Å². The topological polar surface area (TPSA) is 127 Å². The van der Waals surface area contributed by atoms with Gasteiger partial charge in [-0.2, -0.15) is 0 Å². The predicted molar refractivity (Wildman–Crippen MR) is 174 cm³/mol. The smallest absolute Gasteiger partial charge is 0.242 e. The fraction of sp³-hybridized carbons (Fsp3) is 0.559. The number of fused-ring (bicyclic) bond motifs is 3. The number of morpholine rings is 1. The van der Waals surface area contributed by atoms with Crippen LogP contribution in [-0.4, -0.2) is 83.5 Å². The number of methoxy groups -OCH3 is 3. The van der Waals surface area contributed by atoms with Crippen LogP contribution in [0.3, 0.4) is 0 Å². The zero-order chi connectivity index (χ0) is 32.5. The van der Waals surface area contributed by atoms with Crippen molar-refractivity contribution in [3.63, 3.8) is 0 Å². The molecule has 0 saturated carbocycles. The molecule has 1 fully saturated rings. The average Bonchev–Trinajstić information content (AvgIpc) is 3.26. The van der Waals surface area contributed by atoms with Crippen molar-refractivity contribution in [1.82, 2.24) is 15.5 Å². The summed E-state index contributed by atoms with van der Waals surface area (Å²) in [5.74, 6) is 1.34. The largest absolute Gasteiger partial charge is 0.493 e. The van der Waals surface area contributed by atoms with Crippen molar-refractivity contribution in [2.24, 2.45) is 5.92 Å². The Morgan fingerprint density at radius 1 is 1.04 bits per heavy atom. The van der Waals surface area contributed by atoms with Crippen LogP contribution in [0.5, 0.6) is 17.2 Å². The molecule has 45 heavy (non-hydrogen) atoms. The maximum Gasteiger partial charge on any atom is 0.242 e. The maximum atomic E-state index is 13.8. The molecule has 1 aliphatic carbocycles. The van der Waals surface area contributed by atoms with Gasteiger partial charge in [0, 0.05) is 32.1 Å². The normalized spacial score (nSPS) is 16.9. The third-order valence-corrected chi connectivity index (χ3v) is 8.32. The molecule has 1 saturated heterocycles. The number of amides is 2. The van der Waals surface area contributed by atoms with Crippen molar-refractivity contribution in [2.75, 3.05) is 66.0 Å². The predicted octanol–water partition coefficient (Wildman–Crippen LogP) is 3.53. The second-order valence-corrected chi connectivity index (χ2v) is 12.0. The van der Waals surface area contributed by atoms with E-state index < -0.39 is 12.1 Å². The molecule has 0 radical (unpaired) electrons. The van der Waals surface area contributed by atoms with E-state index in [1.165, 1.54) is 6.92 Å². The zero-order valence-electron chi connectivity index (χ0n) is 27.4. The van der Waals surface area contributed by atoms with E-state index in [-0.39, 0.29) is 23.2 Å². The van der Waals surface area contributed by atoms with Gasteiger partial charge in [0.1, 0.15) is 6.04 Å². The van der Waals surface area contributed by atoms with Crippen LogP contribution in [-0.2, 0) is 20.7 Å². The number of anilines is 1. The summed E-state index contributed by atoms with van der Waals surface area (Å²) in [6.07, 6.45) is 2.55. The Balaban J connectivity index is 1.68. The molecule has 246 valence electrons. The molecular weight excluding hydrogens is 576 g/mol. The second-order valence-electron chi connectivity index (χ2n) is 12.0. The fourth-order valence-corrected chi connectivity index (χ4v) is 6.18. The minimum atomic E-state index is -0.597. The van der Waals surface area contributed by atoms with Crippen LogP contribution >= 0.6 is 0 Å². The van der Waals surface area contributed by atoms with E-state index in [0.717, 1.165) is 56.0 Å². The lowest BCUT2D eigenvalue weighted by Gasteiger charge is -2.26. The first-order valence-corrected chi connectivity index (χ1v) is 15.8. The highest BCUT2D eigenvalue weighted by atomic mass is 16.5. The lowest BCUT2D eigenvalue weighted by Crippen LogP contribution is -2.43. The third-order valence-electron chi connectivity index (χ3n) is 8.32. The van der Waals surface area contributed by atoms with E-state index in [4.69, 9.17) is 18.9 Å². The summed E-state index contributed by atoms with van der Waals surface area (Å²) >= 11 is 0. The van der Waals surface area contributed by atoms with Crippen LogP contribution < -0.4 is 35.6 Å². The summed E-state index contributed by atoms with van der Waals surface area (Å²) in [5, 5.41) is 9.36. The van der Waals surface area contributed by atoms with Gasteiger partial charge in [0.2, 0.25) is 23.0 Å². The molecule has 4 rings (SSSR count). The van der Waals surface area contributed by atoms with Gasteiger partial charge in [0.25, 0.3) is 0 Å². The number of nitrogens with zero attached hydrogens (tertiary/aromatic N) is 1. The Labute approximate surface area is 265 Å². The second kappa shape index (κ2) is 15.9. The lowest BCUT2D eigenvalue weighted by atomic mass is 9.95. The van der Waals surface area contributed by atoms with Gasteiger partial charge in [-0.05, 0) is 73.0 Å². The number of aryl methyl sites for hydroxylation is 1. The molecule has 2 unspecified atom stereocenters. The van der Waals surface area contributed by atoms with Gasteiger partial charge in [-0.15, -0.1) is 0 Å². The SMILES string of the molecule is COc1cc2c(c(OC)c1OC)-c1ccc(NC(CC(C)C)C(=O)NCCCN3CCOCC3)c(=O)cc1C(NC(C)=O)CC2. The highest BCUT2D eigenvalue weighted by Crippen LogP contribution is 2.50. The van der Waals surface area contributed by atoms with Crippen LogP contribution in [0.15, 0.2) is 29.1 Å². The van der Waals surface area contributed by atoms with Crippen molar-refractivity contribution in [3.8, 4) is 28.4 Å². The molecular formula is C34H48N4O7. The number of hydrogen-bond acceptors (Lipinski definition) is 9. The number of carbonyl (C=O) groups excluding carboxylic acids is 2. The number of nitrogens with one attached hydrogen (secondary N) is 3. The maximum absolute atomic E-state index is 13.8. The van der Waals surface area contributed by atoms with E-state index in [0.29, 0.717) is 54.3 Å². The van der Waals surface area contributed by atoms with Crippen LogP contribution in [0.1, 0.15) is 57.2 Å². The highest BCUT2D eigenvalue weighted by Gasteiger charge is 2.30. The standard InChI is InChI=1S/C34H48N4O7/c1-21(2)18-28(34(41)35-12-7-13-38-14-16-45-17-15-38)37-27-11-9-24-25(20-29(27)40)26(36-22(3)39)10-8-23-19-30(42-4)32(43-5)33(44-6)31(23)24/h9,11,19-21,26,28H,7-8,10,12-18H2,1-6H3,(H,35,41)(H,36,39)(H,37,40). The Bertz CT molecular complexity index is 1410. The van der Waals surface area contributed by atoms with Crippen LogP contribution in [0.25, 0.3) is 11.1 Å². The molecule has 3 N–H and O–H groups in total. The number of hydrogen-bond donors (Lipinski definition) is 3. The fourth-order valence-electron chi connectivity index (χ4n) is 6.18. The molecule has 1 heterocycles. The van der Waals surface area contributed by atoms with Gasteiger partial charge in [0.05, 0.1) is 46.3 Å². The van der Waals surface area contributed by atoms with E-state index in [2.05, 4.69) is 34.7 Å². The first-order valence-electron chi connectivity index (χ1n) is 15.8. The minimum absolute atomic E-state index is 0.141. The van der Waals surface area contributed by atoms with Crippen LogP contribution in [0.4, 0.5) is 5.69 Å².